The number of rotatable bonds is 3. The van der Waals surface area contributed by atoms with Gasteiger partial charge in [-0.05, 0) is 21.0 Å². The van der Waals surface area contributed by atoms with E-state index < -0.39 is 0 Å². The Labute approximate surface area is 123 Å². The largest absolute Gasteiger partial charge is 0.486 e. The van der Waals surface area contributed by atoms with Gasteiger partial charge in [-0.15, -0.1) is 0 Å². The van der Waals surface area contributed by atoms with Gasteiger partial charge in [0.1, 0.15) is 25.6 Å². The van der Waals surface area contributed by atoms with Gasteiger partial charge < -0.3 is 14.0 Å². The molecule has 0 bridgehead atoms. The highest BCUT2D eigenvalue weighted by molar-refractivity contribution is 5.81. The maximum absolute atomic E-state index is 9.11. The van der Waals surface area contributed by atoms with Crippen LogP contribution in [0.2, 0.25) is 0 Å². The summed E-state index contributed by atoms with van der Waals surface area (Å²) in [6, 6.07) is 6.13. The lowest BCUT2D eigenvalue weighted by atomic mass is 10.2. The molecular weight excluding hydrogens is 268 g/mol. The molecular formula is C15H18N4O2. The maximum atomic E-state index is 9.11. The van der Waals surface area contributed by atoms with Crippen molar-refractivity contribution in [2.75, 3.05) is 27.3 Å². The third-order valence-corrected chi connectivity index (χ3v) is 3.82. The topological polar surface area (TPSA) is 63.3 Å². The average molecular weight is 286 g/mol. The molecule has 3 rings (SSSR count). The van der Waals surface area contributed by atoms with Gasteiger partial charge in [0.15, 0.2) is 11.5 Å². The van der Waals surface area contributed by atoms with Crippen molar-refractivity contribution in [3.8, 4) is 17.6 Å². The van der Waals surface area contributed by atoms with E-state index in [9.17, 15) is 0 Å². The average Bonchev–Trinajstić information content (AvgIpc) is 2.82. The Morgan fingerprint density at radius 3 is 2.62 bits per heavy atom. The highest BCUT2D eigenvalue weighted by Crippen LogP contribution is 2.35. The highest BCUT2D eigenvalue weighted by Gasteiger charge is 2.21. The molecule has 0 aliphatic carbocycles. The number of nitriles is 1. The summed E-state index contributed by atoms with van der Waals surface area (Å²) in [7, 11) is 4.00. The summed E-state index contributed by atoms with van der Waals surface area (Å²) < 4.78 is 13.2. The van der Waals surface area contributed by atoms with Crippen molar-refractivity contribution in [3.05, 3.63) is 18.0 Å². The number of hydrogen-bond acceptors (Lipinski definition) is 5. The van der Waals surface area contributed by atoms with Crippen LogP contribution in [0.5, 0.6) is 11.5 Å². The van der Waals surface area contributed by atoms with Crippen LogP contribution in [0.4, 0.5) is 0 Å². The van der Waals surface area contributed by atoms with Crippen LogP contribution >= 0.6 is 0 Å². The zero-order valence-corrected chi connectivity index (χ0v) is 12.5. The Bertz CT molecular complexity index is 715. The van der Waals surface area contributed by atoms with Crippen LogP contribution in [0.3, 0.4) is 0 Å². The molecule has 2 aromatic rings. The van der Waals surface area contributed by atoms with Crippen molar-refractivity contribution < 1.29 is 9.47 Å². The van der Waals surface area contributed by atoms with E-state index in [4.69, 9.17) is 19.7 Å². The van der Waals surface area contributed by atoms with Crippen molar-refractivity contribution in [3.63, 3.8) is 0 Å². The molecule has 1 aromatic heterocycles. The van der Waals surface area contributed by atoms with Crippen molar-refractivity contribution in [1.82, 2.24) is 14.5 Å². The first-order valence-electron chi connectivity index (χ1n) is 6.95. The van der Waals surface area contributed by atoms with Gasteiger partial charge in [0, 0.05) is 12.1 Å². The molecule has 1 atom stereocenters. The Morgan fingerprint density at radius 1 is 1.33 bits per heavy atom. The van der Waals surface area contributed by atoms with E-state index in [1.54, 1.807) is 0 Å². The second-order valence-corrected chi connectivity index (χ2v) is 5.34. The first kappa shape index (κ1) is 13.7. The van der Waals surface area contributed by atoms with E-state index in [-0.39, 0.29) is 12.6 Å². The van der Waals surface area contributed by atoms with E-state index in [1.165, 1.54) is 0 Å². The second kappa shape index (κ2) is 5.26. The molecule has 2 heterocycles. The molecule has 1 unspecified atom stereocenters. The van der Waals surface area contributed by atoms with Crippen LogP contribution in [0, 0.1) is 11.3 Å². The first-order chi connectivity index (χ1) is 10.1. The van der Waals surface area contributed by atoms with Crippen molar-refractivity contribution in [2.45, 2.75) is 19.5 Å². The summed E-state index contributed by atoms with van der Waals surface area (Å²) in [5, 5.41) is 9.11. The number of hydrogen-bond donors (Lipinski definition) is 0. The fourth-order valence-corrected chi connectivity index (χ4v) is 2.47. The van der Waals surface area contributed by atoms with Crippen LogP contribution in [0.25, 0.3) is 11.0 Å². The van der Waals surface area contributed by atoms with Crippen LogP contribution in [0.15, 0.2) is 12.1 Å². The smallest absolute Gasteiger partial charge is 0.163 e. The predicted molar refractivity (Wildman–Crippen MR) is 78.4 cm³/mol. The Morgan fingerprint density at radius 2 is 2.00 bits per heavy atom. The van der Waals surface area contributed by atoms with E-state index in [0.29, 0.717) is 13.2 Å². The van der Waals surface area contributed by atoms with Crippen LogP contribution in [-0.4, -0.2) is 41.8 Å². The zero-order chi connectivity index (χ0) is 15.0. The lowest BCUT2D eigenvalue weighted by Crippen LogP contribution is -2.20. The summed E-state index contributed by atoms with van der Waals surface area (Å²) >= 11 is 0. The van der Waals surface area contributed by atoms with Crippen LogP contribution in [-0.2, 0) is 6.54 Å². The zero-order valence-electron chi connectivity index (χ0n) is 12.5. The molecule has 0 N–H and O–H groups in total. The van der Waals surface area contributed by atoms with E-state index >= 15 is 0 Å². The lowest BCUT2D eigenvalue weighted by molar-refractivity contribution is 0.172. The molecule has 0 spiro atoms. The minimum Gasteiger partial charge on any atom is -0.486 e. The number of fused-ring (bicyclic) bond motifs is 2. The number of imidazole rings is 1. The molecule has 110 valence electrons. The molecule has 21 heavy (non-hydrogen) atoms. The second-order valence-electron chi connectivity index (χ2n) is 5.34. The lowest BCUT2D eigenvalue weighted by Gasteiger charge is -2.20. The van der Waals surface area contributed by atoms with Gasteiger partial charge in [0.2, 0.25) is 0 Å². The highest BCUT2D eigenvalue weighted by atomic mass is 16.6. The summed E-state index contributed by atoms with van der Waals surface area (Å²) in [6.07, 6.45) is 0. The van der Waals surface area contributed by atoms with Crippen molar-refractivity contribution in [1.29, 1.82) is 5.26 Å². The van der Waals surface area contributed by atoms with Gasteiger partial charge in [-0.2, -0.15) is 5.26 Å². The first-order valence-corrected chi connectivity index (χ1v) is 6.95. The van der Waals surface area contributed by atoms with Crippen LogP contribution in [0.1, 0.15) is 18.8 Å². The fourth-order valence-electron chi connectivity index (χ4n) is 2.47. The number of nitrogens with zero attached hydrogens (tertiary/aromatic N) is 4. The van der Waals surface area contributed by atoms with Gasteiger partial charge in [0.25, 0.3) is 0 Å². The summed E-state index contributed by atoms with van der Waals surface area (Å²) in [6.45, 7) is 3.44. The molecule has 1 aromatic carbocycles. The minimum atomic E-state index is 0.115. The normalized spacial score (nSPS) is 15.2. The molecule has 6 nitrogen and oxygen atoms in total. The van der Waals surface area contributed by atoms with Crippen molar-refractivity contribution >= 4 is 11.0 Å². The molecule has 1 aliphatic heterocycles. The van der Waals surface area contributed by atoms with Gasteiger partial charge in [-0.3, -0.25) is 4.90 Å². The van der Waals surface area contributed by atoms with Gasteiger partial charge in [-0.25, -0.2) is 4.98 Å². The van der Waals surface area contributed by atoms with Gasteiger partial charge >= 0.3 is 0 Å². The van der Waals surface area contributed by atoms with E-state index in [2.05, 4.69) is 17.9 Å². The fraction of sp³-hybridized carbons (Fsp3) is 0.467. The summed E-state index contributed by atoms with van der Waals surface area (Å²) in [4.78, 5) is 6.77. The molecule has 0 amide bonds. The van der Waals surface area contributed by atoms with E-state index in [1.807, 2.05) is 30.8 Å². The van der Waals surface area contributed by atoms with E-state index in [0.717, 1.165) is 28.4 Å². The number of aromatic nitrogens is 2. The van der Waals surface area contributed by atoms with Crippen molar-refractivity contribution in [2.24, 2.45) is 0 Å². The van der Waals surface area contributed by atoms with Gasteiger partial charge in [0.05, 0.1) is 23.1 Å². The number of benzene rings is 1. The summed E-state index contributed by atoms with van der Waals surface area (Å²) in [5.41, 5.74) is 1.74. The molecule has 0 fully saturated rings. The Hall–Kier alpha value is -2.26. The minimum absolute atomic E-state index is 0.115. The Kier molecular flexibility index (Phi) is 3.43. The summed E-state index contributed by atoms with van der Waals surface area (Å²) in [5.74, 6) is 2.32. The molecule has 0 saturated heterocycles. The number of ether oxygens (including phenoxy) is 2. The molecule has 0 saturated carbocycles. The SMILES string of the molecule is CC(c1nc2cc3c(cc2n1CC#N)OCCO3)N(C)C. The Balaban J connectivity index is 2.19. The third-order valence-electron chi connectivity index (χ3n) is 3.82. The molecule has 0 radical (unpaired) electrons. The quantitative estimate of drug-likeness (QED) is 0.863. The molecule has 6 heteroatoms. The van der Waals surface area contributed by atoms with Crippen LogP contribution < -0.4 is 9.47 Å². The predicted octanol–water partition coefficient (Wildman–Crippen LogP) is 1.95. The maximum Gasteiger partial charge on any atom is 0.163 e. The molecule has 1 aliphatic rings. The standard InChI is InChI=1S/C15H18N4O2/c1-10(18(2)3)15-17-11-8-13-14(21-7-6-20-13)9-12(11)19(15)5-4-16/h8-10H,5-7H2,1-3H3. The van der Waals surface area contributed by atoms with Gasteiger partial charge in [-0.1, -0.05) is 0 Å². The monoisotopic (exact) mass is 286 g/mol. The third kappa shape index (κ3) is 2.30.